The lowest BCUT2D eigenvalue weighted by Crippen LogP contribution is -2.30. The maximum Gasteiger partial charge on any atom is 0.270 e. The van der Waals surface area contributed by atoms with Gasteiger partial charge in [0, 0.05) is 6.20 Å². The van der Waals surface area contributed by atoms with Crippen molar-refractivity contribution >= 4 is 5.91 Å². The Morgan fingerprint density at radius 3 is 2.75 bits per heavy atom. The first-order chi connectivity index (χ1) is 11.7. The fourth-order valence-electron chi connectivity index (χ4n) is 2.95. The molecular formula is C18H19N3O3. The van der Waals surface area contributed by atoms with E-state index in [1.54, 1.807) is 19.2 Å². The van der Waals surface area contributed by atoms with E-state index in [0.717, 1.165) is 29.9 Å². The SMILES string of the molecule is Cc1nccc(C(=O)N[C@H](c2ccc3c(c2)OCCO3)C2CC2)n1. The number of hydrogen-bond donors (Lipinski definition) is 1. The Bertz CT molecular complexity index is 774. The molecule has 0 radical (unpaired) electrons. The molecule has 1 amide bonds. The lowest BCUT2D eigenvalue weighted by molar-refractivity contribution is 0.0926. The zero-order valence-electron chi connectivity index (χ0n) is 13.5. The minimum Gasteiger partial charge on any atom is -0.486 e. The fourth-order valence-corrected chi connectivity index (χ4v) is 2.95. The van der Waals surface area contributed by atoms with Crippen molar-refractivity contribution in [2.75, 3.05) is 13.2 Å². The number of aryl methyl sites for hydroxylation is 1. The molecule has 2 aliphatic rings. The summed E-state index contributed by atoms with van der Waals surface area (Å²) >= 11 is 0. The van der Waals surface area contributed by atoms with E-state index < -0.39 is 0 Å². The van der Waals surface area contributed by atoms with Crippen molar-refractivity contribution in [2.45, 2.75) is 25.8 Å². The topological polar surface area (TPSA) is 73.3 Å². The van der Waals surface area contributed by atoms with Gasteiger partial charge in [-0.2, -0.15) is 0 Å². The molecule has 4 rings (SSSR count). The molecule has 1 aliphatic carbocycles. The molecule has 0 unspecified atom stereocenters. The summed E-state index contributed by atoms with van der Waals surface area (Å²) in [6, 6.07) is 7.49. The van der Waals surface area contributed by atoms with Gasteiger partial charge in [-0.05, 0) is 49.4 Å². The standard InChI is InChI=1S/C18H19N3O3/c1-11-19-7-6-14(20-11)18(22)21-17(12-2-3-12)13-4-5-15-16(10-13)24-9-8-23-15/h4-7,10,12,17H,2-3,8-9H2,1H3,(H,21,22)/t17-/m0/s1. The summed E-state index contributed by atoms with van der Waals surface area (Å²) in [4.78, 5) is 20.8. The zero-order chi connectivity index (χ0) is 16.5. The molecule has 0 bridgehead atoms. The van der Waals surface area contributed by atoms with E-state index in [4.69, 9.17) is 9.47 Å². The highest BCUT2D eigenvalue weighted by atomic mass is 16.6. The van der Waals surface area contributed by atoms with Crippen LogP contribution in [0.2, 0.25) is 0 Å². The molecule has 6 heteroatoms. The first kappa shape index (κ1) is 14.9. The summed E-state index contributed by atoms with van der Waals surface area (Å²) in [5.74, 6) is 2.38. The Balaban J connectivity index is 1.57. The van der Waals surface area contributed by atoms with Gasteiger partial charge in [-0.3, -0.25) is 4.79 Å². The second-order valence-electron chi connectivity index (χ2n) is 6.18. The van der Waals surface area contributed by atoms with Crippen LogP contribution in [0, 0.1) is 12.8 Å². The Hall–Kier alpha value is -2.63. The number of carbonyl (C=O) groups excluding carboxylic acids is 1. The molecule has 2 heterocycles. The van der Waals surface area contributed by atoms with Gasteiger partial charge in [-0.25, -0.2) is 9.97 Å². The van der Waals surface area contributed by atoms with Gasteiger partial charge in [0.2, 0.25) is 0 Å². The van der Waals surface area contributed by atoms with Crippen LogP contribution in [0.25, 0.3) is 0 Å². The van der Waals surface area contributed by atoms with E-state index in [-0.39, 0.29) is 11.9 Å². The van der Waals surface area contributed by atoms with Crippen LogP contribution in [-0.2, 0) is 0 Å². The zero-order valence-corrected chi connectivity index (χ0v) is 13.5. The van der Waals surface area contributed by atoms with Crippen LogP contribution in [0.5, 0.6) is 11.5 Å². The number of nitrogens with zero attached hydrogens (tertiary/aromatic N) is 2. The van der Waals surface area contributed by atoms with Gasteiger partial charge >= 0.3 is 0 Å². The summed E-state index contributed by atoms with van der Waals surface area (Å²) < 4.78 is 11.2. The predicted molar refractivity (Wildman–Crippen MR) is 87.1 cm³/mol. The second-order valence-corrected chi connectivity index (χ2v) is 6.18. The molecule has 0 spiro atoms. The Morgan fingerprint density at radius 2 is 2.00 bits per heavy atom. The number of hydrogen-bond acceptors (Lipinski definition) is 5. The van der Waals surface area contributed by atoms with Crippen LogP contribution in [0.3, 0.4) is 0 Å². The van der Waals surface area contributed by atoms with Crippen LogP contribution in [-0.4, -0.2) is 29.1 Å². The first-order valence-electron chi connectivity index (χ1n) is 8.21. The number of carbonyl (C=O) groups is 1. The van der Waals surface area contributed by atoms with Crippen molar-refractivity contribution in [2.24, 2.45) is 5.92 Å². The molecule has 1 aliphatic heterocycles. The molecular weight excluding hydrogens is 306 g/mol. The Labute approximate surface area is 140 Å². The van der Waals surface area contributed by atoms with E-state index >= 15 is 0 Å². The predicted octanol–water partition coefficient (Wildman–Crippen LogP) is 2.44. The molecule has 1 saturated carbocycles. The van der Waals surface area contributed by atoms with Gasteiger partial charge in [0.1, 0.15) is 24.7 Å². The first-order valence-corrected chi connectivity index (χ1v) is 8.21. The quantitative estimate of drug-likeness (QED) is 0.934. The maximum absolute atomic E-state index is 12.5. The number of fused-ring (bicyclic) bond motifs is 1. The molecule has 0 saturated heterocycles. The molecule has 24 heavy (non-hydrogen) atoms. The summed E-state index contributed by atoms with van der Waals surface area (Å²) in [5, 5.41) is 3.12. The van der Waals surface area contributed by atoms with Crippen molar-refractivity contribution in [1.29, 1.82) is 0 Å². The van der Waals surface area contributed by atoms with Crippen molar-refractivity contribution in [3.05, 3.63) is 47.5 Å². The van der Waals surface area contributed by atoms with Crippen molar-refractivity contribution < 1.29 is 14.3 Å². The van der Waals surface area contributed by atoms with Crippen LogP contribution < -0.4 is 14.8 Å². The van der Waals surface area contributed by atoms with Gasteiger partial charge in [0.05, 0.1) is 6.04 Å². The summed E-state index contributed by atoms with van der Waals surface area (Å²) in [6.45, 7) is 2.90. The van der Waals surface area contributed by atoms with Crippen molar-refractivity contribution in [1.82, 2.24) is 15.3 Å². The maximum atomic E-state index is 12.5. The van der Waals surface area contributed by atoms with E-state index in [2.05, 4.69) is 15.3 Å². The Morgan fingerprint density at radius 1 is 1.21 bits per heavy atom. The number of benzene rings is 1. The minimum atomic E-state index is -0.174. The van der Waals surface area contributed by atoms with Gasteiger partial charge < -0.3 is 14.8 Å². The average Bonchev–Trinajstić information content (AvgIpc) is 3.44. The smallest absolute Gasteiger partial charge is 0.270 e. The lowest BCUT2D eigenvalue weighted by atomic mass is 10.0. The molecule has 1 atom stereocenters. The third kappa shape index (κ3) is 3.04. The second kappa shape index (κ2) is 6.11. The highest BCUT2D eigenvalue weighted by Gasteiger charge is 2.34. The number of aromatic nitrogens is 2. The molecule has 1 aromatic heterocycles. The van der Waals surface area contributed by atoms with E-state index in [1.807, 2.05) is 18.2 Å². The average molecular weight is 325 g/mol. The largest absolute Gasteiger partial charge is 0.486 e. The van der Waals surface area contributed by atoms with Crippen LogP contribution in [0.1, 0.15) is 40.8 Å². The van der Waals surface area contributed by atoms with Crippen LogP contribution >= 0.6 is 0 Å². The number of amides is 1. The fraction of sp³-hybridized carbons (Fsp3) is 0.389. The van der Waals surface area contributed by atoms with Crippen molar-refractivity contribution in [3.63, 3.8) is 0 Å². The molecule has 2 aromatic rings. The highest BCUT2D eigenvalue weighted by Crippen LogP contribution is 2.43. The number of rotatable bonds is 4. The summed E-state index contributed by atoms with van der Waals surface area (Å²) in [7, 11) is 0. The summed E-state index contributed by atoms with van der Waals surface area (Å²) in [6.07, 6.45) is 3.83. The van der Waals surface area contributed by atoms with E-state index in [0.29, 0.717) is 30.7 Å². The molecule has 6 nitrogen and oxygen atoms in total. The van der Waals surface area contributed by atoms with E-state index in [1.165, 1.54) is 0 Å². The molecule has 1 fully saturated rings. The number of nitrogens with one attached hydrogen (secondary N) is 1. The van der Waals surface area contributed by atoms with Gasteiger partial charge in [-0.1, -0.05) is 6.07 Å². The monoisotopic (exact) mass is 325 g/mol. The van der Waals surface area contributed by atoms with E-state index in [9.17, 15) is 4.79 Å². The highest BCUT2D eigenvalue weighted by molar-refractivity contribution is 5.92. The molecule has 1 aromatic carbocycles. The third-order valence-electron chi connectivity index (χ3n) is 4.31. The normalized spacial score (nSPS) is 17.2. The third-order valence-corrected chi connectivity index (χ3v) is 4.31. The number of ether oxygens (including phenoxy) is 2. The lowest BCUT2D eigenvalue weighted by Gasteiger charge is -2.23. The molecule has 124 valence electrons. The van der Waals surface area contributed by atoms with Gasteiger partial charge in [0.25, 0.3) is 5.91 Å². The Kier molecular flexibility index (Phi) is 3.80. The van der Waals surface area contributed by atoms with Gasteiger partial charge in [-0.15, -0.1) is 0 Å². The van der Waals surface area contributed by atoms with Crippen LogP contribution in [0.15, 0.2) is 30.5 Å². The minimum absolute atomic E-state index is 0.0383. The van der Waals surface area contributed by atoms with Crippen LogP contribution in [0.4, 0.5) is 0 Å². The summed E-state index contributed by atoms with van der Waals surface area (Å²) in [5.41, 5.74) is 1.44. The molecule has 1 N–H and O–H groups in total. The van der Waals surface area contributed by atoms with Gasteiger partial charge in [0.15, 0.2) is 11.5 Å². The van der Waals surface area contributed by atoms with Crippen molar-refractivity contribution in [3.8, 4) is 11.5 Å².